The molecule has 126 valence electrons. The Morgan fingerprint density at radius 2 is 2.04 bits per heavy atom. The Labute approximate surface area is 138 Å². The zero-order chi connectivity index (χ0) is 16.9. The summed E-state index contributed by atoms with van der Waals surface area (Å²) in [6.45, 7) is 8.53. The molecule has 1 aliphatic rings. The topological polar surface area (TPSA) is 67.6 Å². The monoisotopic (exact) mass is 317 g/mol. The van der Waals surface area contributed by atoms with Gasteiger partial charge in [-0.05, 0) is 38.8 Å². The van der Waals surface area contributed by atoms with Crippen molar-refractivity contribution in [3.63, 3.8) is 0 Å². The second-order valence-corrected chi connectivity index (χ2v) is 6.84. The summed E-state index contributed by atoms with van der Waals surface area (Å²) >= 11 is 0. The average Bonchev–Trinajstić information content (AvgIpc) is 2.48. The molecule has 0 fully saturated rings. The van der Waals surface area contributed by atoms with Crippen molar-refractivity contribution < 1.29 is 9.53 Å². The first kappa shape index (κ1) is 17.3. The van der Waals surface area contributed by atoms with E-state index in [-0.39, 0.29) is 6.09 Å². The molecule has 0 atom stereocenters. The highest BCUT2D eigenvalue weighted by molar-refractivity contribution is 5.68. The number of nitrogens with one attached hydrogen (secondary N) is 1. The SMILES string of the molecule is CC(C)(C)OC(=O)N1CC=C(CNCc2ccccc2N)CC1. The summed E-state index contributed by atoms with van der Waals surface area (Å²) in [4.78, 5) is 13.7. The Hall–Kier alpha value is -2.01. The Balaban J connectivity index is 1.77. The maximum Gasteiger partial charge on any atom is 0.410 e. The maximum atomic E-state index is 12.0. The minimum absolute atomic E-state index is 0.238. The molecule has 0 bridgehead atoms. The molecule has 0 saturated heterocycles. The second-order valence-electron chi connectivity index (χ2n) is 6.84. The Kier molecular flexibility index (Phi) is 5.66. The quantitative estimate of drug-likeness (QED) is 0.662. The van der Waals surface area contributed by atoms with Crippen LogP contribution in [0.25, 0.3) is 0 Å². The van der Waals surface area contributed by atoms with Crippen molar-refractivity contribution in [1.82, 2.24) is 10.2 Å². The van der Waals surface area contributed by atoms with Gasteiger partial charge in [0.15, 0.2) is 0 Å². The Morgan fingerprint density at radius 1 is 1.30 bits per heavy atom. The molecular weight excluding hydrogens is 290 g/mol. The number of nitrogens with zero attached hydrogens (tertiary/aromatic N) is 1. The van der Waals surface area contributed by atoms with Gasteiger partial charge >= 0.3 is 6.09 Å². The summed E-state index contributed by atoms with van der Waals surface area (Å²) in [5, 5.41) is 3.41. The van der Waals surface area contributed by atoms with Crippen LogP contribution in [0.15, 0.2) is 35.9 Å². The molecule has 0 spiro atoms. The van der Waals surface area contributed by atoms with E-state index in [0.717, 1.165) is 30.8 Å². The van der Waals surface area contributed by atoms with Crippen LogP contribution in [-0.2, 0) is 11.3 Å². The zero-order valence-corrected chi connectivity index (χ0v) is 14.3. The second kappa shape index (κ2) is 7.51. The molecule has 0 unspecified atom stereocenters. The largest absolute Gasteiger partial charge is 0.444 e. The Bertz CT molecular complexity index is 576. The van der Waals surface area contributed by atoms with Gasteiger partial charge in [0.05, 0.1) is 0 Å². The summed E-state index contributed by atoms with van der Waals surface area (Å²) < 4.78 is 5.39. The van der Waals surface area contributed by atoms with Crippen molar-refractivity contribution in [2.45, 2.75) is 39.3 Å². The van der Waals surface area contributed by atoms with E-state index in [9.17, 15) is 4.79 Å². The molecular formula is C18H27N3O2. The number of hydrogen-bond donors (Lipinski definition) is 2. The number of amides is 1. The highest BCUT2D eigenvalue weighted by Gasteiger charge is 2.23. The fourth-order valence-corrected chi connectivity index (χ4v) is 2.42. The molecule has 1 heterocycles. The minimum Gasteiger partial charge on any atom is -0.444 e. The van der Waals surface area contributed by atoms with Gasteiger partial charge in [-0.25, -0.2) is 4.79 Å². The van der Waals surface area contributed by atoms with Crippen molar-refractivity contribution in [3.05, 3.63) is 41.5 Å². The van der Waals surface area contributed by atoms with Gasteiger partial charge < -0.3 is 20.7 Å². The van der Waals surface area contributed by atoms with E-state index >= 15 is 0 Å². The third-order valence-electron chi connectivity index (χ3n) is 3.68. The predicted molar refractivity (Wildman–Crippen MR) is 93.1 cm³/mol. The van der Waals surface area contributed by atoms with Gasteiger partial charge in [0, 0.05) is 31.9 Å². The molecule has 3 N–H and O–H groups in total. The van der Waals surface area contributed by atoms with Crippen LogP contribution in [0.2, 0.25) is 0 Å². The van der Waals surface area contributed by atoms with Gasteiger partial charge in [0.25, 0.3) is 0 Å². The van der Waals surface area contributed by atoms with E-state index in [1.807, 2.05) is 45.0 Å². The number of carbonyl (C=O) groups excluding carboxylic acids is 1. The summed E-state index contributed by atoms with van der Waals surface area (Å²) in [5.41, 5.74) is 8.73. The normalized spacial score (nSPS) is 15.3. The van der Waals surface area contributed by atoms with Crippen LogP contribution in [-0.4, -0.2) is 36.2 Å². The van der Waals surface area contributed by atoms with Crippen LogP contribution < -0.4 is 11.1 Å². The first-order chi connectivity index (χ1) is 10.8. The molecule has 23 heavy (non-hydrogen) atoms. The summed E-state index contributed by atoms with van der Waals surface area (Å²) in [6.07, 6.45) is 2.74. The van der Waals surface area contributed by atoms with Crippen molar-refractivity contribution >= 4 is 11.8 Å². The van der Waals surface area contributed by atoms with Crippen LogP contribution in [0.4, 0.5) is 10.5 Å². The number of benzene rings is 1. The minimum atomic E-state index is -0.446. The maximum absolute atomic E-state index is 12.0. The van der Waals surface area contributed by atoms with E-state index < -0.39 is 5.60 Å². The number of anilines is 1. The molecule has 0 radical (unpaired) electrons. The highest BCUT2D eigenvalue weighted by atomic mass is 16.6. The Morgan fingerprint density at radius 3 is 2.65 bits per heavy atom. The highest BCUT2D eigenvalue weighted by Crippen LogP contribution is 2.15. The number of ether oxygens (including phenoxy) is 1. The number of hydrogen-bond acceptors (Lipinski definition) is 4. The first-order valence-electron chi connectivity index (χ1n) is 8.05. The van der Waals surface area contributed by atoms with E-state index in [1.54, 1.807) is 4.90 Å². The summed E-state index contributed by atoms with van der Waals surface area (Å²) in [7, 11) is 0. The molecule has 5 nitrogen and oxygen atoms in total. The third-order valence-corrected chi connectivity index (χ3v) is 3.68. The number of para-hydroxylation sites is 1. The third kappa shape index (κ3) is 5.60. The van der Waals surface area contributed by atoms with Crippen molar-refractivity contribution in [2.24, 2.45) is 0 Å². The van der Waals surface area contributed by atoms with Gasteiger partial charge in [-0.3, -0.25) is 0 Å². The number of rotatable bonds is 4. The lowest BCUT2D eigenvalue weighted by atomic mass is 10.1. The van der Waals surface area contributed by atoms with E-state index in [4.69, 9.17) is 10.5 Å². The number of carbonyl (C=O) groups is 1. The predicted octanol–water partition coefficient (Wildman–Crippen LogP) is 2.93. The molecule has 1 aliphatic heterocycles. The molecule has 5 heteroatoms. The van der Waals surface area contributed by atoms with Gasteiger partial charge in [0.2, 0.25) is 0 Å². The van der Waals surface area contributed by atoms with E-state index in [2.05, 4.69) is 11.4 Å². The van der Waals surface area contributed by atoms with Crippen LogP contribution in [0.5, 0.6) is 0 Å². The first-order valence-corrected chi connectivity index (χ1v) is 8.05. The fraction of sp³-hybridized carbons (Fsp3) is 0.500. The van der Waals surface area contributed by atoms with Gasteiger partial charge in [-0.15, -0.1) is 0 Å². The smallest absolute Gasteiger partial charge is 0.410 e. The molecule has 1 aromatic carbocycles. The van der Waals surface area contributed by atoms with Gasteiger partial charge in [-0.2, -0.15) is 0 Å². The summed E-state index contributed by atoms with van der Waals surface area (Å²) in [5.74, 6) is 0. The van der Waals surface area contributed by atoms with Crippen molar-refractivity contribution in [2.75, 3.05) is 25.4 Å². The molecule has 2 rings (SSSR count). The van der Waals surface area contributed by atoms with Crippen LogP contribution in [0, 0.1) is 0 Å². The molecule has 0 saturated carbocycles. The van der Waals surface area contributed by atoms with Gasteiger partial charge in [0.1, 0.15) is 5.60 Å². The standard InChI is InChI=1S/C18H27N3O2/c1-18(2,3)23-17(22)21-10-8-14(9-11-21)12-20-13-15-6-4-5-7-16(15)19/h4-8,20H,9-13,19H2,1-3H3. The lowest BCUT2D eigenvalue weighted by Crippen LogP contribution is -2.39. The van der Waals surface area contributed by atoms with Crippen LogP contribution >= 0.6 is 0 Å². The lowest BCUT2D eigenvalue weighted by molar-refractivity contribution is 0.0265. The lowest BCUT2D eigenvalue weighted by Gasteiger charge is -2.29. The average molecular weight is 317 g/mol. The van der Waals surface area contributed by atoms with Gasteiger partial charge in [-0.1, -0.05) is 29.8 Å². The van der Waals surface area contributed by atoms with Crippen molar-refractivity contribution in [3.8, 4) is 0 Å². The molecule has 1 aromatic rings. The van der Waals surface area contributed by atoms with Crippen LogP contribution in [0.3, 0.4) is 0 Å². The number of nitrogen functional groups attached to an aromatic ring is 1. The summed E-state index contributed by atoms with van der Waals surface area (Å²) in [6, 6.07) is 7.87. The van der Waals surface area contributed by atoms with Crippen LogP contribution in [0.1, 0.15) is 32.8 Å². The number of nitrogens with two attached hydrogens (primary N) is 1. The molecule has 0 aliphatic carbocycles. The zero-order valence-electron chi connectivity index (χ0n) is 14.3. The van der Waals surface area contributed by atoms with E-state index in [1.165, 1.54) is 5.57 Å². The van der Waals surface area contributed by atoms with E-state index in [0.29, 0.717) is 13.1 Å². The van der Waals surface area contributed by atoms with Crippen molar-refractivity contribution in [1.29, 1.82) is 0 Å². The molecule has 0 aromatic heterocycles. The molecule has 1 amide bonds. The fourth-order valence-electron chi connectivity index (χ4n) is 2.42.